The van der Waals surface area contributed by atoms with Crippen molar-refractivity contribution in [3.05, 3.63) is 64.1 Å². The number of likely N-dealkylation sites (N-methyl/N-ethyl adjacent to an activating group) is 1. The predicted molar refractivity (Wildman–Crippen MR) is 119 cm³/mol. The highest BCUT2D eigenvalue weighted by atomic mass is 32.2. The molecule has 1 fully saturated rings. The van der Waals surface area contributed by atoms with E-state index in [4.69, 9.17) is 21.7 Å². The summed E-state index contributed by atoms with van der Waals surface area (Å²) in [5.74, 6) is 1.54. The Kier molecular flexibility index (Phi) is 6.75. The maximum atomic E-state index is 12.1. The largest absolute Gasteiger partial charge is 0.490 e. The van der Waals surface area contributed by atoms with Crippen molar-refractivity contribution in [2.75, 3.05) is 20.3 Å². The fraction of sp³-hybridized carbons (Fsp3) is 0.273. The van der Waals surface area contributed by atoms with Gasteiger partial charge in [-0.05, 0) is 60.4 Å². The molecule has 6 heteroatoms. The van der Waals surface area contributed by atoms with Crippen molar-refractivity contribution in [1.29, 1.82) is 0 Å². The molecule has 1 heterocycles. The van der Waals surface area contributed by atoms with Crippen molar-refractivity contribution in [2.45, 2.75) is 20.3 Å². The van der Waals surface area contributed by atoms with Crippen LogP contribution in [-0.4, -0.2) is 35.4 Å². The molecule has 1 amide bonds. The Bertz CT molecular complexity index is 924. The standard InChI is InChI=1S/C22H23NO3S2/c1-4-16-10-15(2)11-19(12-16)26-9-8-25-18-7-5-6-17(13-18)14-20-21(24)23(3)22(27)28-20/h5-7,10-14H,4,8-9H2,1-3H3. The van der Waals surface area contributed by atoms with Crippen LogP contribution in [0.4, 0.5) is 0 Å². The number of benzene rings is 2. The minimum absolute atomic E-state index is 0.0701. The van der Waals surface area contributed by atoms with Crippen LogP contribution in [0.1, 0.15) is 23.6 Å². The second kappa shape index (κ2) is 9.26. The average Bonchev–Trinajstić information content (AvgIpc) is 2.92. The fourth-order valence-electron chi connectivity index (χ4n) is 2.82. The van der Waals surface area contributed by atoms with Crippen LogP contribution in [0.2, 0.25) is 0 Å². The van der Waals surface area contributed by atoms with Gasteiger partial charge in [-0.1, -0.05) is 49.1 Å². The lowest BCUT2D eigenvalue weighted by Gasteiger charge is -2.10. The number of rotatable bonds is 7. The molecule has 1 aliphatic heterocycles. The highest BCUT2D eigenvalue weighted by Crippen LogP contribution is 2.31. The molecule has 0 unspecified atom stereocenters. The topological polar surface area (TPSA) is 38.8 Å². The van der Waals surface area contributed by atoms with Gasteiger partial charge in [0.2, 0.25) is 0 Å². The number of hydrogen-bond acceptors (Lipinski definition) is 5. The zero-order valence-corrected chi connectivity index (χ0v) is 17.9. The Morgan fingerprint density at radius 2 is 1.86 bits per heavy atom. The first-order chi connectivity index (χ1) is 13.5. The Labute approximate surface area is 175 Å². The number of ether oxygens (including phenoxy) is 2. The van der Waals surface area contributed by atoms with Crippen molar-refractivity contribution < 1.29 is 14.3 Å². The Balaban J connectivity index is 1.56. The Morgan fingerprint density at radius 3 is 2.54 bits per heavy atom. The van der Waals surface area contributed by atoms with Gasteiger partial charge in [-0.25, -0.2) is 0 Å². The molecule has 1 saturated heterocycles. The van der Waals surface area contributed by atoms with Crippen molar-refractivity contribution in [2.24, 2.45) is 0 Å². The van der Waals surface area contributed by atoms with Crippen LogP contribution in [0.25, 0.3) is 6.08 Å². The van der Waals surface area contributed by atoms with Gasteiger partial charge in [-0.3, -0.25) is 9.69 Å². The lowest BCUT2D eigenvalue weighted by atomic mass is 10.1. The first-order valence-corrected chi connectivity index (χ1v) is 10.4. The molecule has 28 heavy (non-hydrogen) atoms. The quantitative estimate of drug-likeness (QED) is 0.369. The number of carbonyl (C=O) groups is 1. The third-order valence-corrected chi connectivity index (χ3v) is 5.77. The van der Waals surface area contributed by atoms with Crippen LogP contribution >= 0.6 is 24.0 Å². The van der Waals surface area contributed by atoms with Crippen LogP contribution in [0.3, 0.4) is 0 Å². The van der Waals surface area contributed by atoms with Gasteiger partial charge in [-0.2, -0.15) is 0 Å². The number of carbonyl (C=O) groups excluding carboxylic acids is 1. The molecular formula is C22H23NO3S2. The molecule has 0 bridgehead atoms. The second-order valence-corrected chi connectivity index (χ2v) is 8.19. The fourth-order valence-corrected chi connectivity index (χ4v) is 4.00. The molecule has 0 atom stereocenters. The SMILES string of the molecule is CCc1cc(C)cc(OCCOc2cccc(C=C3SC(=S)N(C)C3=O)c2)c1. The maximum absolute atomic E-state index is 12.1. The number of aryl methyl sites for hydroxylation is 2. The summed E-state index contributed by atoms with van der Waals surface area (Å²) in [6, 6.07) is 13.9. The van der Waals surface area contributed by atoms with Gasteiger partial charge in [0.05, 0.1) is 4.91 Å². The van der Waals surface area contributed by atoms with Gasteiger partial charge in [0, 0.05) is 7.05 Å². The van der Waals surface area contributed by atoms with E-state index in [2.05, 4.69) is 26.0 Å². The minimum Gasteiger partial charge on any atom is -0.490 e. The van der Waals surface area contributed by atoms with Crippen LogP contribution < -0.4 is 9.47 Å². The van der Waals surface area contributed by atoms with Gasteiger partial charge in [-0.15, -0.1) is 0 Å². The molecule has 146 valence electrons. The molecule has 0 N–H and O–H groups in total. The predicted octanol–water partition coefficient (Wildman–Crippen LogP) is 4.85. The van der Waals surface area contributed by atoms with E-state index in [-0.39, 0.29) is 5.91 Å². The van der Waals surface area contributed by atoms with Gasteiger partial charge >= 0.3 is 0 Å². The van der Waals surface area contributed by atoms with Crippen molar-refractivity contribution >= 4 is 40.3 Å². The molecule has 3 rings (SSSR count). The molecule has 4 nitrogen and oxygen atoms in total. The molecule has 0 spiro atoms. The van der Waals surface area contributed by atoms with Crippen molar-refractivity contribution in [3.8, 4) is 11.5 Å². The lowest BCUT2D eigenvalue weighted by Crippen LogP contribution is -2.22. The van der Waals surface area contributed by atoms with Crippen molar-refractivity contribution in [3.63, 3.8) is 0 Å². The molecule has 0 aliphatic carbocycles. The highest BCUT2D eigenvalue weighted by molar-refractivity contribution is 8.26. The normalized spacial score (nSPS) is 15.4. The summed E-state index contributed by atoms with van der Waals surface area (Å²) in [5.41, 5.74) is 3.36. The number of thiocarbonyl (C=S) groups is 1. The minimum atomic E-state index is -0.0701. The molecule has 2 aromatic rings. The number of hydrogen-bond donors (Lipinski definition) is 0. The van der Waals surface area contributed by atoms with Crippen LogP contribution in [-0.2, 0) is 11.2 Å². The van der Waals surface area contributed by atoms with E-state index in [0.717, 1.165) is 23.5 Å². The maximum Gasteiger partial charge on any atom is 0.265 e. The summed E-state index contributed by atoms with van der Waals surface area (Å²) in [6.07, 6.45) is 2.82. The zero-order valence-electron chi connectivity index (χ0n) is 16.2. The van der Waals surface area contributed by atoms with Gasteiger partial charge in [0.15, 0.2) is 0 Å². The number of nitrogens with zero attached hydrogens (tertiary/aromatic N) is 1. The van der Waals surface area contributed by atoms with E-state index in [1.165, 1.54) is 27.8 Å². The van der Waals surface area contributed by atoms with Crippen molar-refractivity contribution in [1.82, 2.24) is 4.90 Å². The zero-order chi connectivity index (χ0) is 20.1. The van der Waals surface area contributed by atoms with Crippen LogP contribution in [0, 0.1) is 6.92 Å². The van der Waals surface area contributed by atoms with Crippen LogP contribution in [0.5, 0.6) is 11.5 Å². The smallest absolute Gasteiger partial charge is 0.265 e. The third kappa shape index (κ3) is 5.14. The summed E-state index contributed by atoms with van der Waals surface area (Å²) in [5, 5.41) is 0. The van der Waals surface area contributed by atoms with E-state index in [1.807, 2.05) is 36.4 Å². The van der Waals surface area contributed by atoms with Gasteiger partial charge in [0.25, 0.3) is 5.91 Å². The molecule has 0 aromatic heterocycles. The Morgan fingerprint density at radius 1 is 1.11 bits per heavy atom. The van der Waals surface area contributed by atoms with Gasteiger partial charge < -0.3 is 9.47 Å². The first-order valence-electron chi connectivity index (χ1n) is 9.14. The molecular weight excluding hydrogens is 390 g/mol. The van der Waals surface area contributed by atoms with Crippen LogP contribution in [0.15, 0.2) is 47.4 Å². The number of amides is 1. The molecule has 2 aromatic carbocycles. The molecule has 0 saturated carbocycles. The average molecular weight is 414 g/mol. The first kappa shape index (κ1) is 20.4. The Hall–Kier alpha value is -2.31. The molecule has 1 aliphatic rings. The summed E-state index contributed by atoms with van der Waals surface area (Å²) in [4.78, 5) is 14.2. The van der Waals surface area contributed by atoms with E-state index in [1.54, 1.807) is 7.05 Å². The highest BCUT2D eigenvalue weighted by Gasteiger charge is 2.28. The van der Waals surface area contributed by atoms with Gasteiger partial charge in [0.1, 0.15) is 29.0 Å². The monoisotopic (exact) mass is 413 g/mol. The van der Waals surface area contributed by atoms with E-state index >= 15 is 0 Å². The van der Waals surface area contributed by atoms with E-state index in [0.29, 0.717) is 22.4 Å². The lowest BCUT2D eigenvalue weighted by molar-refractivity contribution is -0.121. The molecule has 0 radical (unpaired) electrons. The summed E-state index contributed by atoms with van der Waals surface area (Å²) < 4.78 is 12.2. The van der Waals surface area contributed by atoms with E-state index < -0.39 is 0 Å². The summed E-state index contributed by atoms with van der Waals surface area (Å²) >= 11 is 6.47. The van der Waals surface area contributed by atoms with E-state index in [9.17, 15) is 4.79 Å². The summed E-state index contributed by atoms with van der Waals surface area (Å²) in [6.45, 7) is 5.11. The number of thioether (sulfide) groups is 1. The second-order valence-electron chi connectivity index (χ2n) is 6.52. The summed E-state index contributed by atoms with van der Waals surface area (Å²) in [7, 11) is 1.69. The third-order valence-electron chi connectivity index (χ3n) is 4.28.